The van der Waals surface area contributed by atoms with Gasteiger partial charge in [-0.25, -0.2) is 4.98 Å². The first-order valence-electron chi connectivity index (χ1n) is 7.33. The molecule has 2 heterocycles. The second kappa shape index (κ2) is 7.41. The summed E-state index contributed by atoms with van der Waals surface area (Å²) in [5.74, 6) is 2.00. The van der Waals surface area contributed by atoms with Crippen LogP contribution in [0.15, 0.2) is 21.9 Å². The maximum absolute atomic E-state index is 11.9. The standard InChI is InChI=1S/C16H22N2O2S/c1-11(2)6-4-8-17-15(19)10-13-12(3)20-16(18-13)14-7-5-9-21-14/h5,7,9,11H,4,6,8,10H2,1-3H3,(H,17,19). The van der Waals surface area contributed by atoms with E-state index in [1.165, 1.54) is 0 Å². The molecule has 1 N–H and O–H groups in total. The Kier molecular flexibility index (Phi) is 5.56. The Labute approximate surface area is 129 Å². The first-order chi connectivity index (χ1) is 10.1. The maximum Gasteiger partial charge on any atom is 0.236 e. The molecule has 2 aromatic rings. The highest BCUT2D eigenvalue weighted by molar-refractivity contribution is 7.13. The molecule has 0 fully saturated rings. The van der Waals surface area contributed by atoms with Crippen molar-refractivity contribution in [3.63, 3.8) is 0 Å². The van der Waals surface area contributed by atoms with Crippen molar-refractivity contribution in [2.24, 2.45) is 5.92 Å². The molecular weight excluding hydrogens is 284 g/mol. The van der Waals surface area contributed by atoms with Gasteiger partial charge in [-0.1, -0.05) is 19.9 Å². The van der Waals surface area contributed by atoms with Crippen LogP contribution in [-0.4, -0.2) is 17.4 Å². The third-order valence-electron chi connectivity index (χ3n) is 3.23. The van der Waals surface area contributed by atoms with Gasteiger partial charge in [0.25, 0.3) is 0 Å². The number of oxazole rings is 1. The Morgan fingerprint density at radius 1 is 1.48 bits per heavy atom. The highest BCUT2D eigenvalue weighted by atomic mass is 32.1. The lowest BCUT2D eigenvalue weighted by Crippen LogP contribution is -2.26. The van der Waals surface area contributed by atoms with Gasteiger partial charge < -0.3 is 9.73 Å². The van der Waals surface area contributed by atoms with Gasteiger partial charge in [-0.05, 0) is 37.1 Å². The lowest BCUT2D eigenvalue weighted by molar-refractivity contribution is -0.120. The van der Waals surface area contributed by atoms with Crippen LogP contribution in [0.1, 0.15) is 38.1 Å². The highest BCUT2D eigenvalue weighted by Gasteiger charge is 2.14. The first-order valence-corrected chi connectivity index (χ1v) is 8.21. The molecule has 0 saturated heterocycles. The van der Waals surface area contributed by atoms with Crippen molar-refractivity contribution in [1.82, 2.24) is 10.3 Å². The molecule has 0 aliphatic carbocycles. The second-order valence-electron chi connectivity index (χ2n) is 5.56. The minimum atomic E-state index is 0.00730. The molecule has 1 amide bonds. The van der Waals surface area contributed by atoms with Crippen molar-refractivity contribution in [2.75, 3.05) is 6.54 Å². The molecule has 5 heteroatoms. The number of hydrogen-bond donors (Lipinski definition) is 1. The largest absolute Gasteiger partial charge is 0.440 e. The Bertz CT molecular complexity index is 573. The SMILES string of the molecule is Cc1oc(-c2cccs2)nc1CC(=O)NCCCC(C)C. The fourth-order valence-electron chi connectivity index (χ4n) is 2.05. The van der Waals surface area contributed by atoms with Gasteiger partial charge in [0.05, 0.1) is 17.0 Å². The quantitative estimate of drug-likeness (QED) is 0.791. The molecule has 0 atom stereocenters. The Morgan fingerprint density at radius 3 is 2.95 bits per heavy atom. The van der Waals surface area contributed by atoms with E-state index in [9.17, 15) is 4.79 Å². The van der Waals surface area contributed by atoms with Gasteiger partial charge in [-0.3, -0.25) is 4.79 Å². The van der Waals surface area contributed by atoms with Gasteiger partial charge in [-0.2, -0.15) is 0 Å². The molecular formula is C16H22N2O2S. The summed E-state index contributed by atoms with van der Waals surface area (Å²) in [6.07, 6.45) is 2.43. The number of amides is 1. The number of nitrogens with one attached hydrogen (secondary N) is 1. The third kappa shape index (κ3) is 4.70. The summed E-state index contributed by atoms with van der Waals surface area (Å²) in [5, 5.41) is 4.92. The smallest absolute Gasteiger partial charge is 0.236 e. The summed E-state index contributed by atoms with van der Waals surface area (Å²) < 4.78 is 5.64. The number of rotatable bonds is 7. The molecule has 0 spiro atoms. The number of thiophene rings is 1. The number of nitrogens with zero attached hydrogens (tertiary/aromatic N) is 1. The van der Waals surface area contributed by atoms with E-state index in [4.69, 9.17) is 4.42 Å². The minimum Gasteiger partial charge on any atom is -0.440 e. The summed E-state index contributed by atoms with van der Waals surface area (Å²) in [5.41, 5.74) is 0.722. The molecule has 114 valence electrons. The van der Waals surface area contributed by atoms with Crippen molar-refractivity contribution in [3.05, 3.63) is 29.0 Å². The van der Waals surface area contributed by atoms with Crippen LogP contribution in [0.25, 0.3) is 10.8 Å². The summed E-state index contributed by atoms with van der Waals surface area (Å²) in [4.78, 5) is 17.3. The van der Waals surface area contributed by atoms with E-state index in [0.29, 0.717) is 11.8 Å². The average Bonchev–Trinajstić information content (AvgIpc) is 3.05. The van der Waals surface area contributed by atoms with E-state index in [2.05, 4.69) is 24.1 Å². The van der Waals surface area contributed by atoms with Gasteiger partial charge in [0, 0.05) is 6.54 Å². The molecule has 4 nitrogen and oxygen atoms in total. The lowest BCUT2D eigenvalue weighted by Gasteiger charge is -2.06. The molecule has 21 heavy (non-hydrogen) atoms. The van der Waals surface area contributed by atoms with Gasteiger partial charge in [0.1, 0.15) is 5.76 Å². The van der Waals surface area contributed by atoms with Crippen molar-refractivity contribution < 1.29 is 9.21 Å². The summed E-state index contributed by atoms with van der Waals surface area (Å²) in [6, 6.07) is 3.92. The average molecular weight is 306 g/mol. The van der Waals surface area contributed by atoms with Crippen LogP contribution in [0.3, 0.4) is 0 Å². The molecule has 0 aromatic carbocycles. The summed E-state index contributed by atoms with van der Waals surface area (Å²) in [7, 11) is 0. The van der Waals surface area contributed by atoms with Crippen molar-refractivity contribution in [2.45, 2.75) is 40.0 Å². The van der Waals surface area contributed by atoms with E-state index in [1.54, 1.807) is 11.3 Å². The fourth-order valence-corrected chi connectivity index (χ4v) is 2.70. The molecule has 0 aliphatic heterocycles. The molecule has 0 saturated carbocycles. The monoisotopic (exact) mass is 306 g/mol. The molecule has 0 radical (unpaired) electrons. The molecule has 2 aromatic heterocycles. The molecule has 0 unspecified atom stereocenters. The van der Waals surface area contributed by atoms with Crippen LogP contribution in [0, 0.1) is 12.8 Å². The fraction of sp³-hybridized carbons (Fsp3) is 0.500. The van der Waals surface area contributed by atoms with Crippen LogP contribution < -0.4 is 5.32 Å². The van der Waals surface area contributed by atoms with E-state index >= 15 is 0 Å². The second-order valence-corrected chi connectivity index (χ2v) is 6.51. The van der Waals surface area contributed by atoms with Gasteiger partial charge >= 0.3 is 0 Å². The Morgan fingerprint density at radius 2 is 2.29 bits per heavy atom. The number of hydrogen-bond acceptors (Lipinski definition) is 4. The van der Waals surface area contributed by atoms with Gasteiger partial charge in [-0.15, -0.1) is 11.3 Å². The molecule has 0 aliphatic rings. The first kappa shape index (κ1) is 15.8. The molecule has 0 bridgehead atoms. The van der Waals surface area contributed by atoms with E-state index in [0.717, 1.165) is 35.7 Å². The van der Waals surface area contributed by atoms with Crippen molar-refractivity contribution in [3.8, 4) is 10.8 Å². The zero-order chi connectivity index (χ0) is 15.2. The summed E-state index contributed by atoms with van der Waals surface area (Å²) in [6.45, 7) is 6.95. The number of aromatic nitrogens is 1. The topological polar surface area (TPSA) is 55.1 Å². The zero-order valence-corrected chi connectivity index (χ0v) is 13.6. The van der Waals surface area contributed by atoms with Crippen molar-refractivity contribution in [1.29, 1.82) is 0 Å². The van der Waals surface area contributed by atoms with Crippen LogP contribution in [-0.2, 0) is 11.2 Å². The normalized spacial score (nSPS) is 11.0. The van der Waals surface area contributed by atoms with Crippen LogP contribution in [0.5, 0.6) is 0 Å². The number of carbonyl (C=O) groups is 1. The van der Waals surface area contributed by atoms with Gasteiger partial charge in [0.15, 0.2) is 0 Å². The highest BCUT2D eigenvalue weighted by Crippen LogP contribution is 2.25. The molecule has 2 rings (SSSR count). The lowest BCUT2D eigenvalue weighted by atomic mass is 10.1. The minimum absolute atomic E-state index is 0.00730. The Hall–Kier alpha value is -1.62. The van der Waals surface area contributed by atoms with E-state index in [1.807, 2.05) is 24.4 Å². The van der Waals surface area contributed by atoms with Crippen LogP contribution >= 0.6 is 11.3 Å². The summed E-state index contributed by atoms with van der Waals surface area (Å²) >= 11 is 1.58. The van der Waals surface area contributed by atoms with E-state index < -0.39 is 0 Å². The van der Waals surface area contributed by atoms with Crippen LogP contribution in [0.2, 0.25) is 0 Å². The third-order valence-corrected chi connectivity index (χ3v) is 4.09. The van der Waals surface area contributed by atoms with Gasteiger partial charge in [0.2, 0.25) is 11.8 Å². The predicted octanol–water partition coefficient (Wildman–Crippen LogP) is 3.81. The maximum atomic E-state index is 11.9. The number of carbonyl (C=O) groups excluding carboxylic acids is 1. The zero-order valence-electron chi connectivity index (χ0n) is 12.8. The van der Waals surface area contributed by atoms with E-state index in [-0.39, 0.29) is 12.3 Å². The van der Waals surface area contributed by atoms with Crippen LogP contribution in [0.4, 0.5) is 0 Å². The Balaban J connectivity index is 1.86. The predicted molar refractivity (Wildman–Crippen MR) is 85.3 cm³/mol. The number of aryl methyl sites for hydroxylation is 1. The van der Waals surface area contributed by atoms with Crippen molar-refractivity contribution >= 4 is 17.2 Å².